The molecular formula is C32H64O8. The molecule has 0 aromatic heterocycles. The Hall–Kier alpha value is -0.770. The lowest BCUT2D eigenvalue weighted by molar-refractivity contribution is -0.356. The van der Waals surface area contributed by atoms with Crippen LogP contribution in [0.15, 0.2) is 0 Å². The topological polar surface area (TPSA) is 159 Å². The standard InChI is InChI=1S/C32H64O8/c1-5-7-8-9-10-11-12-13-14-15-16-17-18-19-20-21-22-23-24-28(25(3)31(35,36)37)27(6-2)29(30(33)34)26(4)32(38,39)40/h25-29,35-40H,5-24H2,1-4H3,(H,33,34)/t25-,26-,27-,28+,29+/m0/s1. The lowest BCUT2D eigenvalue weighted by Gasteiger charge is -2.41. The highest BCUT2D eigenvalue weighted by atomic mass is 16.7. The summed E-state index contributed by atoms with van der Waals surface area (Å²) in [5.74, 6) is -12.7. The first-order valence-corrected chi connectivity index (χ1v) is 16.4. The molecule has 0 aliphatic rings. The molecule has 0 saturated heterocycles. The zero-order valence-electron chi connectivity index (χ0n) is 26.1. The zero-order valence-corrected chi connectivity index (χ0v) is 26.1. The van der Waals surface area contributed by atoms with Crippen LogP contribution in [0.1, 0.15) is 156 Å². The van der Waals surface area contributed by atoms with Crippen molar-refractivity contribution in [2.45, 2.75) is 168 Å². The molecule has 0 aliphatic heterocycles. The monoisotopic (exact) mass is 576 g/mol. The minimum atomic E-state index is -3.19. The minimum Gasteiger partial charge on any atom is -0.481 e. The van der Waals surface area contributed by atoms with Crippen molar-refractivity contribution in [1.82, 2.24) is 0 Å². The maximum absolute atomic E-state index is 12.1. The predicted molar refractivity (Wildman–Crippen MR) is 159 cm³/mol. The quantitative estimate of drug-likeness (QED) is 0.0443. The number of hydrogen-bond acceptors (Lipinski definition) is 7. The number of carbonyl (C=O) groups is 1. The van der Waals surface area contributed by atoms with Crippen LogP contribution < -0.4 is 0 Å². The van der Waals surface area contributed by atoms with Crippen molar-refractivity contribution in [2.24, 2.45) is 29.6 Å². The molecule has 0 fully saturated rings. The van der Waals surface area contributed by atoms with Gasteiger partial charge in [-0.3, -0.25) is 4.79 Å². The van der Waals surface area contributed by atoms with E-state index < -0.39 is 47.5 Å². The average molecular weight is 577 g/mol. The van der Waals surface area contributed by atoms with Crippen molar-refractivity contribution < 1.29 is 40.5 Å². The van der Waals surface area contributed by atoms with E-state index in [9.17, 15) is 40.5 Å². The Balaban J connectivity index is 4.39. The van der Waals surface area contributed by atoms with E-state index in [1.165, 1.54) is 104 Å². The zero-order chi connectivity index (χ0) is 30.6. The SMILES string of the molecule is CCCCCCCCCCCCCCCCCCCC[C@@H]([C@H](CC)[C@H](C(=O)O)[C@H](C)C(O)(O)O)[C@H](C)C(O)(O)O. The average Bonchev–Trinajstić information content (AvgIpc) is 2.87. The maximum atomic E-state index is 12.1. The van der Waals surface area contributed by atoms with Gasteiger partial charge in [-0.05, 0) is 18.3 Å². The van der Waals surface area contributed by atoms with Gasteiger partial charge in [0.25, 0.3) is 11.9 Å². The van der Waals surface area contributed by atoms with Gasteiger partial charge in [-0.25, -0.2) is 0 Å². The van der Waals surface area contributed by atoms with E-state index in [0.29, 0.717) is 12.8 Å². The number of rotatable bonds is 27. The minimum absolute atomic E-state index is 0.293. The van der Waals surface area contributed by atoms with Crippen LogP contribution in [0.5, 0.6) is 0 Å². The van der Waals surface area contributed by atoms with E-state index in [1.54, 1.807) is 6.92 Å². The Morgan fingerprint density at radius 2 is 0.850 bits per heavy atom. The summed E-state index contributed by atoms with van der Waals surface area (Å²) in [7, 11) is 0. The fourth-order valence-corrected chi connectivity index (χ4v) is 6.24. The van der Waals surface area contributed by atoms with Gasteiger partial charge in [0, 0.05) is 5.92 Å². The third-order valence-corrected chi connectivity index (χ3v) is 9.06. The number of carboxylic acid groups (broad SMARTS) is 1. The number of aliphatic hydroxyl groups is 6. The first-order chi connectivity index (χ1) is 18.8. The highest BCUT2D eigenvalue weighted by Crippen LogP contribution is 2.42. The van der Waals surface area contributed by atoms with Crippen LogP contribution in [0.2, 0.25) is 0 Å². The number of carboxylic acids is 1. The molecule has 5 atom stereocenters. The van der Waals surface area contributed by atoms with Crippen LogP contribution in [0.4, 0.5) is 0 Å². The summed E-state index contributed by atoms with van der Waals surface area (Å²) in [4.78, 5) is 12.1. The van der Waals surface area contributed by atoms with E-state index in [4.69, 9.17) is 0 Å². The van der Waals surface area contributed by atoms with Crippen molar-refractivity contribution in [1.29, 1.82) is 0 Å². The lowest BCUT2D eigenvalue weighted by Crippen LogP contribution is -2.49. The fraction of sp³-hybridized carbons (Fsp3) is 0.969. The summed E-state index contributed by atoms with van der Waals surface area (Å²) in [5.41, 5.74) is 0. The predicted octanol–water partition coefficient (Wildman–Crippen LogP) is 6.30. The summed E-state index contributed by atoms with van der Waals surface area (Å²) < 4.78 is 0. The largest absolute Gasteiger partial charge is 0.481 e. The molecule has 0 aliphatic carbocycles. The maximum Gasteiger partial charge on any atom is 0.307 e. The number of hydrogen-bond donors (Lipinski definition) is 7. The number of aliphatic carboxylic acids is 1. The Bertz CT molecular complexity index is 613. The summed E-state index contributed by atoms with van der Waals surface area (Å²) in [6, 6.07) is 0. The second-order valence-electron chi connectivity index (χ2n) is 12.4. The van der Waals surface area contributed by atoms with Gasteiger partial charge >= 0.3 is 5.97 Å². The molecule has 7 N–H and O–H groups in total. The molecule has 0 radical (unpaired) electrons. The Kier molecular flexibility index (Phi) is 21.4. The first-order valence-electron chi connectivity index (χ1n) is 16.4. The van der Waals surface area contributed by atoms with Gasteiger partial charge in [-0.1, -0.05) is 150 Å². The second-order valence-corrected chi connectivity index (χ2v) is 12.4. The van der Waals surface area contributed by atoms with Gasteiger partial charge < -0.3 is 35.7 Å². The first kappa shape index (κ1) is 39.2. The van der Waals surface area contributed by atoms with Gasteiger partial charge in [0.15, 0.2) is 0 Å². The lowest BCUT2D eigenvalue weighted by atomic mass is 9.67. The Morgan fingerprint density at radius 3 is 1.12 bits per heavy atom. The normalized spacial score (nSPS) is 16.4. The van der Waals surface area contributed by atoms with Crippen LogP contribution >= 0.6 is 0 Å². The molecule has 0 rings (SSSR count). The molecule has 240 valence electrons. The van der Waals surface area contributed by atoms with Gasteiger partial charge in [0.2, 0.25) is 0 Å². The van der Waals surface area contributed by atoms with E-state index in [0.717, 1.165) is 25.7 Å². The molecule has 0 bridgehead atoms. The van der Waals surface area contributed by atoms with Crippen LogP contribution in [0.25, 0.3) is 0 Å². The third-order valence-electron chi connectivity index (χ3n) is 9.06. The van der Waals surface area contributed by atoms with Crippen LogP contribution in [0.3, 0.4) is 0 Å². The fourth-order valence-electron chi connectivity index (χ4n) is 6.24. The molecule has 0 heterocycles. The molecule has 0 unspecified atom stereocenters. The highest BCUT2D eigenvalue weighted by Gasteiger charge is 2.48. The highest BCUT2D eigenvalue weighted by molar-refractivity contribution is 5.71. The van der Waals surface area contributed by atoms with Crippen molar-refractivity contribution in [3.05, 3.63) is 0 Å². The van der Waals surface area contributed by atoms with Crippen molar-refractivity contribution >= 4 is 5.97 Å². The van der Waals surface area contributed by atoms with Crippen molar-refractivity contribution in [3.8, 4) is 0 Å². The van der Waals surface area contributed by atoms with Crippen LogP contribution in [-0.2, 0) is 4.79 Å². The molecule has 8 nitrogen and oxygen atoms in total. The third kappa shape index (κ3) is 17.2. The molecular weight excluding hydrogens is 512 g/mol. The molecule has 0 aromatic rings. The summed E-state index contributed by atoms with van der Waals surface area (Å²) in [6.07, 6.45) is 23.2. The molecule has 0 spiro atoms. The van der Waals surface area contributed by atoms with Gasteiger partial charge in [0.1, 0.15) is 0 Å². The molecule has 0 amide bonds. The van der Waals surface area contributed by atoms with Gasteiger partial charge in [0.05, 0.1) is 11.8 Å². The van der Waals surface area contributed by atoms with E-state index in [1.807, 2.05) is 0 Å². The summed E-state index contributed by atoms with van der Waals surface area (Å²) in [6.45, 7) is 6.69. The van der Waals surface area contributed by atoms with E-state index >= 15 is 0 Å². The van der Waals surface area contributed by atoms with E-state index in [-0.39, 0.29) is 0 Å². The summed E-state index contributed by atoms with van der Waals surface area (Å²) >= 11 is 0. The molecule has 8 heteroatoms. The second kappa shape index (κ2) is 21.9. The summed E-state index contributed by atoms with van der Waals surface area (Å²) in [5, 5.41) is 68.5. The van der Waals surface area contributed by atoms with Crippen molar-refractivity contribution in [3.63, 3.8) is 0 Å². The van der Waals surface area contributed by atoms with E-state index in [2.05, 4.69) is 6.92 Å². The van der Waals surface area contributed by atoms with Gasteiger partial charge in [-0.2, -0.15) is 0 Å². The Morgan fingerprint density at radius 1 is 0.525 bits per heavy atom. The Labute approximate surface area is 244 Å². The molecule has 0 aromatic carbocycles. The molecule has 40 heavy (non-hydrogen) atoms. The molecule has 0 saturated carbocycles. The van der Waals surface area contributed by atoms with Crippen molar-refractivity contribution in [2.75, 3.05) is 0 Å². The smallest absolute Gasteiger partial charge is 0.307 e. The van der Waals surface area contributed by atoms with Gasteiger partial charge in [-0.15, -0.1) is 0 Å². The number of unbranched alkanes of at least 4 members (excludes halogenated alkanes) is 17. The van der Waals surface area contributed by atoms with Crippen LogP contribution in [0, 0.1) is 29.6 Å². The van der Waals surface area contributed by atoms with Crippen LogP contribution in [-0.4, -0.2) is 53.7 Å².